The van der Waals surface area contributed by atoms with E-state index in [0.29, 0.717) is 5.56 Å². The Hall–Kier alpha value is -2.29. The molecule has 0 atom stereocenters. The lowest BCUT2D eigenvalue weighted by molar-refractivity contribution is 0.102. The minimum absolute atomic E-state index is 0.0848. The highest BCUT2D eigenvalue weighted by Crippen LogP contribution is 2.18. The summed E-state index contributed by atoms with van der Waals surface area (Å²) in [5, 5.41) is 6.23. The average molecular weight is 282 g/mol. The Balaban J connectivity index is 2.12. The topological polar surface area (TPSA) is 41.1 Å². The van der Waals surface area contributed by atoms with Crippen LogP contribution >= 0.6 is 0 Å². The number of nitrogens with one attached hydrogen (secondary N) is 2. The molecule has 1 amide bonds. The van der Waals surface area contributed by atoms with Gasteiger partial charge in [-0.05, 0) is 42.7 Å². The van der Waals surface area contributed by atoms with Gasteiger partial charge in [-0.15, -0.1) is 0 Å². The molecule has 2 aromatic rings. The summed E-state index contributed by atoms with van der Waals surface area (Å²) < 4.78 is 0. The van der Waals surface area contributed by atoms with E-state index >= 15 is 0 Å². The minimum atomic E-state index is -0.0848. The molecule has 0 aliphatic rings. The minimum Gasteiger partial charge on any atom is -0.384 e. The van der Waals surface area contributed by atoms with Gasteiger partial charge in [-0.1, -0.05) is 38.1 Å². The molecule has 0 bridgehead atoms. The predicted molar refractivity (Wildman–Crippen MR) is 89.0 cm³/mol. The number of aryl methyl sites for hydroxylation is 1. The second-order valence-corrected chi connectivity index (χ2v) is 4.98. The van der Waals surface area contributed by atoms with Crippen molar-refractivity contribution in [2.24, 2.45) is 0 Å². The van der Waals surface area contributed by atoms with Gasteiger partial charge in [0.1, 0.15) is 0 Å². The number of anilines is 2. The zero-order valence-electron chi connectivity index (χ0n) is 12.6. The van der Waals surface area contributed by atoms with Crippen LogP contribution in [0.25, 0.3) is 0 Å². The van der Waals surface area contributed by atoms with Crippen molar-refractivity contribution in [3.63, 3.8) is 0 Å². The van der Waals surface area contributed by atoms with Crippen molar-refractivity contribution in [1.29, 1.82) is 0 Å². The largest absolute Gasteiger partial charge is 0.384 e. The number of carbonyl (C=O) groups excluding carboxylic acids is 1. The predicted octanol–water partition coefficient (Wildman–Crippen LogP) is 4.32. The van der Waals surface area contributed by atoms with Gasteiger partial charge in [0, 0.05) is 17.9 Å². The molecule has 0 radical (unpaired) electrons. The molecule has 0 unspecified atom stereocenters. The Morgan fingerprint density at radius 2 is 1.71 bits per heavy atom. The maximum Gasteiger partial charge on any atom is 0.257 e. The van der Waals surface area contributed by atoms with Crippen molar-refractivity contribution in [2.75, 3.05) is 17.2 Å². The summed E-state index contributed by atoms with van der Waals surface area (Å²) in [7, 11) is 0. The van der Waals surface area contributed by atoms with Crippen LogP contribution in [0.5, 0.6) is 0 Å². The summed E-state index contributed by atoms with van der Waals surface area (Å²) in [6.45, 7) is 5.07. The molecule has 2 N–H and O–H groups in total. The fourth-order valence-electron chi connectivity index (χ4n) is 2.12. The number of para-hydroxylation sites is 1. The van der Waals surface area contributed by atoms with E-state index in [2.05, 4.69) is 24.5 Å². The van der Waals surface area contributed by atoms with Crippen molar-refractivity contribution < 1.29 is 4.79 Å². The van der Waals surface area contributed by atoms with E-state index in [-0.39, 0.29) is 5.91 Å². The van der Waals surface area contributed by atoms with Crippen LogP contribution in [0, 0.1) is 0 Å². The Labute approximate surface area is 126 Å². The van der Waals surface area contributed by atoms with E-state index in [0.717, 1.165) is 30.8 Å². The van der Waals surface area contributed by atoms with Crippen LogP contribution in [0.2, 0.25) is 0 Å². The zero-order chi connectivity index (χ0) is 15.1. The van der Waals surface area contributed by atoms with Crippen LogP contribution in [-0.4, -0.2) is 12.5 Å². The molecule has 0 spiro atoms. The van der Waals surface area contributed by atoms with Crippen LogP contribution < -0.4 is 10.6 Å². The Morgan fingerprint density at radius 1 is 1.00 bits per heavy atom. The fraction of sp³-hybridized carbons (Fsp3) is 0.278. The van der Waals surface area contributed by atoms with Gasteiger partial charge in [-0.25, -0.2) is 0 Å². The SMILES string of the molecule is CCCNc1ccccc1C(=O)Nc1ccc(CC)cc1. The van der Waals surface area contributed by atoms with Crippen LogP contribution in [0.1, 0.15) is 36.2 Å². The molecule has 0 saturated heterocycles. The lowest BCUT2D eigenvalue weighted by Gasteiger charge is -2.12. The summed E-state index contributed by atoms with van der Waals surface area (Å²) in [5.41, 5.74) is 3.63. The van der Waals surface area contributed by atoms with Crippen molar-refractivity contribution in [3.8, 4) is 0 Å². The van der Waals surface area contributed by atoms with E-state index in [9.17, 15) is 4.79 Å². The van der Waals surface area contributed by atoms with Gasteiger partial charge < -0.3 is 10.6 Å². The molecule has 3 heteroatoms. The Kier molecular flexibility index (Phi) is 5.38. The normalized spacial score (nSPS) is 10.2. The van der Waals surface area contributed by atoms with E-state index in [4.69, 9.17) is 0 Å². The van der Waals surface area contributed by atoms with Gasteiger partial charge >= 0.3 is 0 Å². The van der Waals surface area contributed by atoms with E-state index in [1.807, 2.05) is 48.5 Å². The molecule has 0 aliphatic heterocycles. The van der Waals surface area contributed by atoms with Crippen LogP contribution in [0.15, 0.2) is 48.5 Å². The maximum absolute atomic E-state index is 12.4. The highest BCUT2D eigenvalue weighted by Gasteiger charge is 2.10. The Bertz CT molecular complexity index is 590. The summed E-state index contributed by atoms with van der Waals surface area (Å²) in [5.74, 6) is -0.0848. The number of hydrogen-bond donors (Lipinski definition) is 2. The second-order valence-electron chi connectivity index (χ2n) is 4.98. The Morgan fingerprint density at radius 3 is 2.38 bits per heavy atom. The number of benzene rings is 2. The first-order valence-electron chi connectivity index (χ1n) is 7.47. The zero-order valence-corrected chi connectivity index (χ0v) is 12.6. The van der Waals surface area contributed by atoms with Crippen LogP contribution in [0.4, 0.5) is 11.4 Å². The van der Waals surface area contributed by atoms with Crippen LogP contribution in [-0.2, 0) is 6.42 Å². The monoisotopic (exact) mass is 282 g/mol. The standard InChI is InChI=1S/C18H22N2O/c1-3-13-19-17-8-6-5-7-16(17)18(21)20-15-11-9-14(4-2)10-12-15/h5-12,19H,3-4,13H2,1-2H3,(H,20,21). The van der Waals surface area contributed by atoms with Crippen molar-refractivity contribution >= 4 is 17.3 Å². The van der Waals surface area contributed by atoms with Crippen LogP contribution in [0.3, 0.4) is 0 Å². The van der Waals surface area contributed by atoms with E-state index < -0.39 is 0 Å². The second kappa shape index (κ2) is 7.48. The summed E-state index contributed by atoms with van der Waals surface area (Å²) in [6.07, 6.45) is 2.02. The lowest BCUT2D eigenvalue weighted by Crippen LogP contribution is -2.15. The molecule has 3 nitrogen and oxygen atoms in total. The molecule has 0 aromatic heterocycles. The molecule has 2 rings (SSSR count). The fourth-order valence-corrected chi connectivity index (χ4v) is 2.12. The third-order valence-corrected chi connectivity index (χ3v) is 3.36. The highest BCUT2D eigenvalue weighted by atomic mass is 16.1. The molecule has 110 valence electrons. The lowest BCUT2D eigenvalue weighted by atomic mass is 10.1. The first-order chi connectivity index (χ1) is 10.2. The van der Waals surface area contributed by atoms with Gasteiger partial charge in [0.05, 0.1) is 5.56 Å². The quantitative estimate of drug-likeness (QED) is 0.828. The summed E-state index contributed by atoms with van der Waals surface area (Å²) in [4.78, 5) is 12.4. The summed E-state index contributed by atoms with van der Waals surface area (Å²) >= 11 is 0. The molecule has 0 saturated carbocycles. The molecule has 0 fully saturated rings. The van der Waals surface area contributed by atoms with Gasteiger partial charge in [0.25, 0.3) is 5.91 Å². The van der Waals surface area contributed by atoms with Gasteiger partial charge in [-0.2, -0.15) is 0 Å². The maximum atomic E-state index is 12.4. The smallest absolute Gasteiger partial charge is 0.257 e. The third-order valence-electron chi connectivity index (χ3n) is 3.36. The van der Waals surface area contributed by atoms with Crippen molar-refractivity contribution in [3.05, 3.63) is 59.7 Å². The summed E-state index contributed by atoms with van der Waals surface area (Å²) in [6, 6.07) is 15.6. The molecular formula is C18H22N2O. The van der Waals surface area contributed by atoms with Gasteiger partial charge in [0.2, 0.25) is 0 Å². The molecular weight excluding hydrogens is 260 g/mol. The molecule has 0 heterocycles. The van der Waals surface area contributed by atoms with E-state index in [1.165, 1.54) is 5.56 Å². The van der Waals surface area contributed by atoms with Gasteiger partial charge in [0.15, 0.2) is 0 Å². The first kappa shape index (κ1) is 15.1. The average Bonchev–Trinajstić information content (AvgIpc) is 2.54. The molecule has 21 heavy (non-hydrogen) atoms. The van der Waals surface area contributed by atoms with E-state index in [1.54, 1.807) is 0 Å². The number of rotatable bonds is 6. The number of amides is 1. The van der Waals surface area contributed by atoms with Crippen molar-refractivity contribution in [2.45, 2.75) is 26.7 Å². The van der Waals surface area contributed by atoms with Crippen molar-refractivity contribution in [1.82, 2.24) is 0 Å². The molecule has 0 aliphatic carbocycles. The number of carbonyl (C=O) groups is 1. The number of hydrogen-bond acceptors (Lipinski definition) is 2. The third kappa shape index (κ3) is 4.09. The van der Waals surface area contributed by atoms with Gasteiger partial charge in [-0.3, -0.25) is 4.79 Å². The first-order valence-corrected chi connectivity index (χ1v) is 7.47. The highest BCUT2D eigenvalue weighted by molar-refractivity contribution is 6.08. The molecule has 2 aromatic carbocycles.